The molecule has 1 saturated heterocycles. The van der Waals surface area contributed by atoms with Gasteiger partial charge in [0, 0.05) is 18.6 Å². The first-order valence-electron chi connectivity index (χ1n) is 5.96. The van der Waals surface area contributed by atoms with Crippen LogP contribution in [0.25, 0.3) is 0 Å². The number of amides is 1. The molecule has 1 aliphatic heterocycles. The van der Waals surface area contributed by atoms with Gasteiger partial charge in [-0.2, -0.15) is 0 Å². The average molecular weight is 228 g/mol. The Kier molecular flexibility index (Phi) is 3.84. The fraction of sp³-hybridized carbons (Fsp3) is 0.917. The van der Waals surface area contributed by atoms with Crippen molar-refractivity contribution in [2.75, 3.05) is 6.54 Å². The van der Waals surface area contributed by atoms with E-state index in [1.807, 2.05) is 20.8 Å². The standard InChI is InChI=1S/C12H24N2O2/c1-8(2)10-6-9(13)7-14(10)11(15)16-12(3,4)5/h8-10H,6-7,13H2,1-5H3/t9-,10?/m1/s1. The number of hydrogen-bond donors (Lipinski definition) is 1. The Morgan fingerprint density at radius 2 is 2.00 bits per heavy atom. The van der Waals surface area contributed by atoms with E-state index in [2.05, 4.69) is 13.8 Å². The van der Waals surface area contributed by atoms with Crippen molar-refractivity contribution in [3.63, 3.8) is 0 Å². The maximum Gasteiger partial charge on any atom is 0.410 e. The minimum atomic E-state index is -0.439. The van der Waals surface area contributed by atoms with E-state index < -0.39 is 5.60 Å². The first kappa shape index (κ1) is 13.3. The lowest BCUT2D eigenvalue weighted by Crippen LogP contribution is -2.42. The summed E-state index contributed by atoms with van der Waals surface area (Å²) in [7, 11) is 0. The summed E-state index contributed by atoms with van der Waals surface area (Å²) in [5, 5.41) is 0. The highest BCUT2D eigenvalue weighted by Gasteiger charge is 2.37. The second-order valence-electron chi connectivity index (χ2n) is 5.94. The van der Waals surface area contributed by atoms with Gasteiger partial charge in [-0.25, -0.2) is 4.79 Å². The number of ether oxygens (including phenoxy) is 1. The van der Waals surface area contributed by atoms with Crippen LogP contribution in [0.3, 0.4) is 0 Å². The highest BCUT2D eigenvalue weighted by atomic mass is 16.6. The van der Waals surface area contributed by atoms with Crippen LogP contribution in [0, 0.1) is 5.92 Å². The summed E-state index contributed by atoms with van der Waals surface area (Å²) >= 11 is 0. The summed E-state index contributed by atoms with van der Waals surface area (Å²) in [6.45, 7) is 10.5. The molecule has 1 unspecified atom stereocenters. The molecular weight excluding hydrogens is 204 g/mol. The van der Waals surface area contributed by atoms with Crippen molar-refractivity contribution < 1.29 is 9.53 Å². The summed E-state index contributed by atoms with van der Waals surface area (Å²) in [4.78, 5) is 13.7. The molecule has 0 aliphatic carbocycles. The summed E-state index contributed by atoms with van der Waals surface area (Å²) in [5.41, 5.74) is 5.47. The van der Waals surface area contributed by atoms with Gasteiger partial charge in [0.2, 0.25) is 0 Å². The molecule has 2 atom stereocenters. The molecule has 0 bridgehead atoms. The maximum absolute atomic E-state index is 12.0. The minimum Gasteiger partial charge on any atom is -0.444 e. The number of rotatable bonds is 1. The Morgan fingerprint density at radius 1 is 1.44 bits per heavy atom. The van der Waals surface area contributed by atoms with Gasteiger partial charge in [-0.3, -0.25) is 0 Å². The van der Waals surface area contributed by atoms with Gasteiger partial charge >= 0.3 is 6.09 Å². The van der Waals surface area contributed by atoms with Crippen LogP contribution < -0.4 is 5.73 Å². The zero-order valence-electron chi connectivity index (χ0n) is 11.0. The zero-order valence-corrected chi connectivity index (χ0v) is 11.0. The molecule has 4 heteroatoms. The number of nitrogens with zero attached hydrogens (tertiary/aromatic N) is 1. The lowest BCUT2D eigenvalue weighted by molar-refractivity contribution is 0.0189. The number of nitrogens with two attached hydrogens (primary N) is 1. The van der Waals surface area contributed by atoms with Crippen LogP contribution in [0.15, 0.2) is 0 Å². The molecule has 1 amide bonds. The minimum absolute atomic E-state index is 0.0833. The van der Waals surface area contributed by atoms with Gasteiger partial charge in [0.25, 0.3) is 0 Å². The smallest absolute Gasteiger partial charge is 0.410 e. The second-order valence-corrected chi connectivity index (χ2v) is 5.94. The van der Waals surface area contributed by atoms with Crippen LogP contribution >= 0.6 is 0 Å². The van der Waals surface area contributed by atoms with Gasteiger partial charge in [-0.1, -0.05) is 13.8 Å². The van der Waals surface area contributed by atoms with Gasteiger partial charge in [0.15, 0.2) is 0 Å². The molecule has 2 N–H and O–H groups in total. The SMILES string of the molecule is CC(C)C1C[C@@H](N)CN1C(=O)OC(C)(C)C. The third-order valence-corrected chi connectivity index (χ3v) is 2.77. The van der Waals surface area contributed by atoms with Crippen LogP contribution in [-0.2, 0) is 4.74 Å². The summed E-state index contributed by atoms with van der Waals surface area (Å²) < 4.78 is 5.38. The average Bonchev–Trinajstić information content (AvgIpc) is 2.44. The van der Waals surface area contributed by atoms with Crippen molar-refractivity contribution in [3.05, 3.63) is 0 Å². The number of carbonyl (C=O) groups excluding carboxylic acids is 1. The molecule has 94 valence electrons. The highest BCUT2D eigenvalue weighted by Crippen LogP contribution is 2.25. The quantitative estimate of drug-likeness (QED) is 0.746. The molecule has 16 heavy (non-hydrogen) atoms. The molecule has 1 rings (SSSR count). The Hall–Kier alpha value is -0.770. The highest BCUT2D eigenvalue weighted by molar-refractivity contribution is 5.69. The van der Waals surface area contributed by atoms with Gasteiger partial charge in [-0.05, 0) is 33.1 Å². The molecule has 0 spiro atoms. The van der Waals surface area contributed by atoms with E-state index in [-0.39, 0.29) is 18.2 Å². The van der Waals surface area contributed by atoms with E-state index >= 15 is 0 Å². The second kappa shape index (κ2) is 4.62. The predicted molar refractivity (Wildman–Crippen MR) is 64.2 cm³/mol. The monoisotopic (exact) mass is 228 g/mol. The first-order chi connectivity index (χ1) is 7.20. The van der Waals surface area contributed by atoms with E-state index in [0.29, 0.717) is 12.5 Å². The van der Waals surface area contributed by atoms with Crippen molar-refractivity contribution in [2.24, 2.45) is 11.7 Å². The zero-order chi connectivity index (χ0) is 12.5. The van der Waals surface area contributed by atoms with Crippen molar-refractivity contribution in [2.45, 2.75) is 58.7 Å². The molecule has 1 aliphatic rings. The molecule has 0 saturated carbocycles. The fourth-order valence-electron chi connectivity index (χ4n) is 2.06. The van der Waals surface area contributed by atoms with Crippen molar-refractivity contribution in [1.29, 1.82) is 0 Å². The molecule has 0 aromatic rings. The van der Waals surface area contributed by atoms with Gasteiger partial charge < -0.3 is 15.4 Å². The largest absolute Gasteiger partial charge is 0.444 e. The predicted octanol–water partition coefficient (Wildman–Crippen LogP) is 1.98. The molecule has 4 nitrogen and oxygen atoms in total. The van der Waals surface area contributed by atoms with Crippen LogP contribution in [0.5, 0.6) is 0 Å². The van der Waals surface area contributed by atoms with Crippen LogP contribution in [-0.4, -0.2) is 35.2 Å². The van der Waals surface area contributed by atoms with E-state index in [0.717, 1.165) is 6.42 Å². The summed E-state index contributed by atoms with van der Waals surface area (Å²) in [5.74, 6) is 0.418. The van der Waals surface area contributed by atoms with E-state index in [1.165, 1.54) is 0 Å². The van der Waals surface area contributed by atoms with Crippen LogP contribution in [0.2, 0.25) is 0 Å². The van der Waals surface area contributed by atoms with Gasteiger partial charge in [0.1, 0.15) is 5.60 Å². The summed E-state index contributed by atoms with van der Waals surface area (Å²) in [6, 6.07) is 0.296. The molecule has 0 aromatic heterocycles. The molecule has 0 aromatic carbocycles. The molecule has 0 radical (unpaired) electrons. The topological polar surface area (TPSA) is 55.6 Å². The Morgan fingerprint density at radius 3 is 2.44 bits per heavy atom. The van der Waals surface area contributed by atoms with E-state index in [1.54, 1.807) is 4.90 Å². The van der Waals surface area contributed by atoms with E-state index in [4.69, 9.17) is 10.5 Å². The van der Waals surface area contributed by atoms with Gasteiger partial charge in [0.05, 0.1) is 0 Å². The summed E-state index contributed by atoms with van der Waals surface area (Å²) in [6.07, 6.45) is 0.635. The molecule has 1 heterocycles. The Balaban J connectivity index is 2.67. The normalized spacial score (nSPS) is 26.3. The fourth-order valence-corrected chi connectivity index (χ4v) is 2.06. The van der Waals surface area contributed by atoms with Gasteiger partial charge in [-0.15, -0.1) is 0 Å². The Bertz CT molecular complexity index is 258. The maximum atomic E-state index is 12.0. The van der Waals surface area contributed by atoms with Crippen molar-refractivity contribution >= 4 is 6.09 Å². The third kappa shape index (κ3) is 3.37. The first-order valence-corrected chi connectivity index (χ1v) is 5.96. The van der Waals surface area contributed by atoms with Crippen LogP contribution in [0.4, 0.5) is 4.79 Å². The lowest BCUT2D eigenvalue weighted by Gasteiger charge is -2.30. The number of carbonyl (C=O) groups is 1. The lowest BCUT2D eigenvalue weighted by atomic mass is 10.0. The number of hydrogen-bond acceptors (Lipinski definition) is 3. The molecular formula is C12H24N2O2. The number of likely N-dealkylation sites (tertiary alicyclic amines) is 1. The van der Waals surface area contributed by atoms with Crippen molar-refractivity contribution in [1.82, 2.24) is 4.90 Å². The third-order valence-electron chi connectivity index (χ3n) is 2.77. The van der Waals surface area contributed by atoms with Crippen LogP contribution in [0.1, 0.15) is 41.0 Å². The Labute approximate surface area is 98.1 Å². The van der Waals surface area contributed by atoms with Crippen molar-refractivity contribution in [3.8, 4) is 0 Å². The molecule has 1 fully saturated rings. The van der Waals surface area contributed by atoms with E-state index in [9.17, 15) is 4.79 Å².